The monoisotopic (exact) mass is 562 g/mol. The van der Waals surface area contributed by atoms with E-state index in [0.717, 1.165) is 43.9 Å². The number of fused-ring (bicyclic) bond motifs is 3. The minimum Gasteiger partial charge on any atom is -0.466 e. The minimum absolute atomic E-state index is 0.000503. The van der Waals surface area contributed by atoms with Crippen LogP contribution >= 0.6 is 0 Å². The molecule has 0 heterocycles. The van der Waals surface area contributed by atoms with Crippen LogP contribution in [-0.2, 0) is 19.1 Å². The Morgan fingerprint density at radius 1 is 0.625 bits per heavy atom. The summed E-state index contributed by atoms with van der Waals surface area (Å²) in [5.74, 6) is 1.81. The largest absolute Gasteiger partial charge is 0.466 e. The Bertz CT molecular complexity index is 623. The Labute approximate surface area is 248 Å². The van der Waals surface area contributed by atoms with Gasteiger partial charge >= 0.3 is 11.9 Å². The van der Waals surface area contributed by atoms with Crippen molar-refractivity contribution in [3.8, 4) is 0 Å². The van der Waals surface area contributed by atoms with Crippen LogP contribution in [0, 0.1) is 17.3 Å². The summed E-state index contributed by atoms with van der Waals surface area (Å²) in [5.41, 5.74) is 0.336. The molecule has 0 aromatic rings. The van der Waals surface area contributed by atoms with Crippen LogP contribution in [0.4, 0.5) is 0 Å². The number of hydrogen-bond acceptors (Lipinski definition) is 4. The van der Waals surface area contributed by atoms with Crippen molar-refractivity contribution in [2.45, 2.75) is 187 Å². The van der Waals surface area contributed by atoms with Crippen molar-refractivity contribution in [2.75, 3.05) is 13.2 Å². The fraction of sp³-hybridized carbons (Fsp3) is 0.944. The molecule has 1 atom stereocenters. The van der Waals surface area contributed by atoms with Gasteiger partial charge in [-0.25, -0.2) is 0 Å². The predicted octanol–water partition coefficient (Wildman–Crippen LogP) is 10.9. The third kappa shape index (κ3) is 17.0. The standard InChI is InChI=1S/C36H66O4/c1-3-4-5-6-7-14-19-30-39-34(37)22-17-12-8-10-15-20-32(2)21-16-11-9-13-18-23-35(38)40-31-36-27-24-33(25-28-36)26-29-36/h32-33H,3-31H2,1-2H3. The average Bonchev–Trinajstić information content (AvgIpc) is 2.97. The van der Waals surface area contributed by atoms with Gasteiger partial charge < -0.3 is 9.47 Å². The topological polar surface area (TPSA) is 52.6 Å². The van der Waals surface area contributed by atoms with E-state index in [2.05, 4.69) is 13.8 Å². The van der Waals surface area contributed by atoms with Gasteiger partial charge in [-0.15, -0.1) is 0 Å². The summed E-state index contributed by atoms with van der Waals surface area (Å²) in [5, 5.41) is 0. The van der Waals surface area contributed by atoms with Crippen molar-refractivity contribution in [3.05, 3.63) is 0 Å². The number of esters is 2. The maximum atomic E-state index is 12.2. The molecule has 0 aromatic heterocycles. The number of hydrogen-bond donors (Lipinski definition) is 0. The summed E-state index contributed by atoms with van der Waals surface area (Å²) in [4.78, 5) is 24.1. The third-order valence-corrected chi connectivity index (χ3v) is 9.95. The lowest BCUT2D eigenvalue weighted by Crippen LogP contribution is -2.38. The number of rotatable bonds is 26. The van der Waals surface area contributed by atoms with Gasteiger partial charge in [0.15, 0.2) is 0 Å². The number of unbranched alkanes of at least 4 members (excludes halogenated alkanes) is 14. The molecule has 4 heteroatoms. The van der Waals surface area contributed by atoms with Crippen LogP contribution < -0.4 is 0 Å². The van der Waals surface area contributed by atoms with E-state index in [1.54, 1.807) is 0 Å². The van der Waals surface area contributed by atoms with Crippen LogP contribution in [0.1, 0.15) is 187 Å². The smallest absolute Gasteiger partial charge is 0.305 e. The second-order valence-electron chi connectivity index (χ2n) is 13.7. The summed E-state index contributed by atoms with van der Waals surface area (Å²) < 4.78 is 11.1. The normalized spacial score (nSPS) is 20.9. The molecular formula is C36H66O4. The molecule has 0 spiro atoms. The SMILES string of the molecule is CCCCCCCCCOC(=O)CCCCCCCC(C)CCCCCCCC(=O)OCC12CCC(CC1)CC2. The summed E-state index contributed by atoms with van der Waals surface area (Å²) in [7, 11) is 0. The van der Waals surface area contributed by atoms with E-state index in [1.807, 2.05) is 0 Å². The molecule has 4 nitrogen and oxygen atoms in total. The van der Waals surface area contributed by atoms with Crippen LogP contribution in [0.15, 0.2) is 0 Å². The van der Waals surface area contributed by atoms with Gasteiger partial charge in [0.2, 0.25) is 0 Å². The second kappa shape index (κ2) is 22.5. The van der Waals surface area contributed by atoms with E-state index in [4.69, 9.17) is 9.47 Å². The first kappa shape index (κ1) is 35.1. The molecule has 1 unspecified atom stereocenters. The van der Waals surface area contributed by atoms with E-state index in [-0.39, 0.29) is 11.9 Å². The number of carbonyl (C=O) groups is 2. The van der Waals surface area contributed by atoms with Gasteiger partial charge in [0.25, 0.3) is 0 Å². The molecule has 0 N–H and O–H groups in total. The lowest BCUT2D eigenvalue weighted by atomic mass is 9.61. The van der Waals surface area contributed by atoms with E-state index in [0.29, 0.717) is 31.5 Å². The van der Waals surface area contributed by atoms with Gasteiger partial charge in [0.1, 0.15) is 0 Å². The zero-order valence-corrected chi connectivity index (χ0v) is 26.8. The Kier molecular flexibility index (Phi) is 19.8. The minimum atomic E-state index is 0.000503. The third-order valence-electron chi connectivity index (χ3n) is 9.95. The Hall–Kier alpha value is -1.06. The molecule has 0 aromatic carbocycles. The molecule has 3 fully saturated rings. The zero-order chi connectivity index (χ0) is 28.7. The molecule has 0 radical (unpaired) electrons. The van der Waals surface area contributed by atoms with Crippen molar-refractivity contribution in [1.29, 1.82) is 0 Å². The fourth-order valence-electron chi connectivity index (χ4n) is 6.91. The Morgan fingerprint density at radius 3 is 1.62 bits per heavy atom. The highest BCUT2D eigenvalue weighted by Gasteiger charge is 2.41. The van der Waals surface area contributed by atoms with E-state index in [1.165, 1.54) is 128 Å². The zero-order valence-electron chi connectivity index (χ0n) is 26.8. The number of ether oxygens (including phenoxy) is 2. The van der Waals surface area contributed by atoms with Crippen LogP contribution in [0.25, 0.3) is 0 Å². The molecule has 0 aliphatic heterocycles. The van der Waals surface area contributed by atoms with Crippen LogP contribution in [0.2, 0.25) is 0 Å². The highest BCUT2D eigenvalue weighted by molar-refractivity contribution is 5.69. The van der Waals surface area contributed by atoms with Gasteiger partial charge in [-0.05, 0) is 69.6 Å². The first-order valence-electron chi connectivity index (χ1n) is 17.8. The molecule has 3 aliphatic rings. The second-order valence-corrected chi connectivity index (χ2v) is 13.7. The Balaban J connectivity index is 1.28. The van der Waals surface area contributed by atoms with Crippen LogP contribution in [0.3, 0.4) is 0 Å². The van der Waals surface area contributed by atoms with Crippen molar-refractivity contribution in [2.24, 2.45) is 17.3 Å². The molecule has 0 saturated heterocycles. The molecular weight excluding hydrogens is 496 g/mol. The summed E-state index contributed by atoms with van der Waals surface area (Å²) in [6, 6.07) is 0. The van der Waals surface area contributed by atoms with Gasteiger partial charge in [-0.1, -0.05) is 117 Å². The first-order valence-corrected chi connectivity index (χ1v) is 17.8. The molecule has 234 valence electrons. The van der Waals surface area contributed by atoms with E-state index < -0.39 is 0 Å². The maximum absolute atomic E-state index is 12.2. The number of carbonyl (C=O) groups excluding carboxylic acids is 2. The lowest BCUT2D eigenvalue weighted by Gasteiger charge is -2.46. The van der Waals surface area contributed by atoms with Crippen molar-refractivity contribution in [3.63, 3.8) is 0 Å². The van der Waals surface area contributed by atoms with E-state index >= 15 is 0 Å². The molecule has 2 bridgehead atoms. The Morgan fingerprint density at radius 2 is 1.07 bits per heavy atom. The van der Waals surface area contributed by atoms with Gasteiger partial charge in [0.05, 0.1) is 13.2 Å². The fourth-order valence-corrected chi connectivity index (χ4v) is 6.91. The maximum Gasteiger partial charge on any atom is 0.305 e. The first-order chi connectivity index (χ1) is 19.5. The van der Waals surface area contributed by atoms with Crippen molar-refractivity contribution >= 4 is 11.9 Å². The molecule has 0 amide bonds. The molecule has 3 aliphatic carbocycles. The van der Waals surface area contributed by atoms with Gasteiger partial charge in [-0.2, -0.15) is 0 Å². The molecule has 40 heavy (non-hydrogen) atoms. The molecule has 3 rings (SSSR count). The lowest BCUT2D eigenvalue weighted by molar-refractivity contribution is -0.150. The summed E-state index contributed by atoms with van der Waals surface area (Å²) in [6.45, 7) is 5.94. The van der Waals surface area contributed by atoms with Crippen molar-refractivity contribution < 1.29 is 19.1 Å². The van der Waals surface area contributed by atoms with Crippen molar-refractivity contribution in [1.82, 2.24) is 0 Å². The average molecular weight is 563 g/mol. The molecule has 3 saturated carbocycles. The summed E-state index contributed by atoms with van der Waals surface area (Å²) in [6.07, 6.45) is 32.5. The van der Waals surface area contributed by atoms with Crippen LogP contribution in [-0.4, -0.2) is 25.2 Å². The highest BCUT2D eigenvalue weighted by atomic mass is 16.5. The van der Waals surface area contributed by atoms with E-state index in [9.17, 15) is 9.59 Å². The van der Waals surface area contributed by atoms with Gasteiger partial charge in [0, 0.05) is 18.3 Å². The van der Waals surface area contributed by atoms with Crippen LogP contribution in [0.5, 0.6) is 0 Å². The van der Waals surface area contributed by atoms with Gasteiger partial charge in [-0.3, -0.25) is 9.59 Å². The summed E-state index contributed by atoms with van der Waals surface area (Å²) >= 11 is 0. The highest BCUT2D eigenvalue weighted by Crippen LogP contribution is 2.50. The quantitative estimate of drug-likeness (QED) is 0.0777. The predicted molar refractivity (Wildman–Crippen MR) is 167 cm³/mol.